The summed E-state index contributed by atoms with van der Waals surface area (Å²) in [5, 5.41) is 50.3. The summed E-state index contributed by atoms with van der Waals surface area (Å²) >= 11 is 0. The van der Waals surface area contributed by atoms with Crippen molar-refractivity contribution in [3.8, 4) is 5.75 Å². The molecule has 2 rings (SSSR count). The summed E-state index contributed by atoms with van der Waals surface area (Å²) in [6, 6.07) is 6.60. The maximum atomic E-state index is 14.4. The molecule has 9 amide bonds. The Morgan fingerprint density at radius 3 is 1.82 bits per heavy atom. The van der Waals surface area contributed by atoms with Crippen LogP contribution in [0.2, 0.25) is 0 Å². The minimum atomic E-state index is -1.46. The number of benzene rings is 2. The van der Waals surface area contributed by atoms with Crippen molar-refractivity contribution in [3.05, 3.63) is 90.0 Å². The lowest BCUT2D eigenvalue weighted by Gasteiger charge is -2.27. The highest BCUT2D eigenvalue weighted by atomic mass is 16.3. The molecule has 406 valence electrons. The second-order valence-corrected chi connectivity index (χ2v) is 18.1. The number of urea groups is 1. The van der Waals surface area contributed by atoms with Gasteiger partial charge in [0.05, 0.1) is 19.2 Å². The lowest BCUT2D eigenvalue weighted by molar-refractivity contribution is -0.135. The maximum Gasteiger partial charge on any atom is 0.312 e. The molecule has 2 aromatic carbocycles. The van der Waals surface area contributed by atoms with E-state index in [0.29, 0.717) is 30.5 Å². The first-order chi connectivity index (χ1) is 35.1. The molecule has 0 fully saturated rings. The standard InChI is InChI=1S/C51H76N12O11/c1-6-13-32(4)27-39(33(5)65)61-47(71)40(26-31(2)3)62-48(72)41(28-35-18-21-36(66)22-19-35)63-46(70)38(23-20-34-14-8-7-9-15-34)58-44(68)29-57-45(69)37(16-12-25-56-51(54)74)60-49(73)42(30-64)59-43(67)17-10-11-24-55-50(52)53/h6-9,13-15,18-19,21-22,31,37-42,64,66H,4,10-12,16-17,20,23-30H2,1-3,5H3,(H,57,69)(H,58,68)(H,59,67)(H,60,73)(H,61,71)(H,62,72)(H,63,70)(H4,52,53,55)(H3,54,56,74)/b13-6-/t37-,38-,39-,40-,41-,42-/m0/s1. The smallest absolute Gasteiger partial charge is 0.312 e. The van der Waals surface area contributed by atoms with Gasteiger partial charge in [-0.25, -0.2) is 4.79 Å². The Hall–Kier alpha value is -7.82. The van der Waals surface area contributed by atoms with E-state index >= 15 is 0 Å². The number of primary amides is 1. The summed E-state index contributed by atoms with van der Waals surface area (Å²) in [7, 11) is 0. The highest BCUT2D eigenvalue weighted by Crippen LogP contribution is 2.15. The number of amides is 9. The second-order valence-electron chi connectivity index (χ2n) is 18.1. The zero-order chi connectivity index (χ0) is 55.2. The number of aromatic hydroxyl groups is 1. The van der Waals surface area contributed by atoms with Crippen LogP contribution in [0.1, 0.15) is 90.2 Å². The van der Waals surface area contributed by atoms with Gasteiger partial charge in [-0.05, 0) is 94.4 Å². The average Bonchev–Trinajstić information content (AvgIpc) is 3.34. The molecule has 0 aliphatic heterocycles. The third kappa shape index (κ3) is 25.5. The highest BCUT2D eigenvalue weighted by Gasteiger charge is 2.32. The maximum absolute atomic E-state index is 14.4. The molecule has 23 heteroatoms. The third-order valence-corrected chi connectivity index (χ3v) is 11.2. The Kier molecular flexibility index (Phi) is 28.4. The van der Waals surface area contributed by atoms with Crippen molar-refractivity contribution in [1.82, 2.24) is 47.9 Å². The number of nitrogens with two attached hydrogens (primary N) is 2. The molecule has 0 saturated heterocycles. The summed E-state index contributed by atoms with van der Waals surface area (Å²) in [6.07, 6.45) is 4.81. The topological polar surface area (TPSA) is 378 Å². The third-order valence-electron chi connectivity index (χ3n) is 11.2. The minimum Gasteiger partial charge on any atom is -0.508 e. The highest BCUT2D eigenvalue weighted by molar-refractivity contribution is 5.97. The number of allylic oxidation sites excluding steroid dienone is 2. The largest absolute Gasteiger partial charge is 0.508 e. The van der Waals surface area contributed by atoms with Gasteiger partial charge < -0.3 is 69.5 Å². The number of carbonyl (C=O) groups is 9. The normalized spacial score (nSPS) is 13.4. The molecule has 74 heavy (non-hydrogen) atoms. The predicted octanol–water partition coefficient (Wildman–Crippen LogP) is -0.156. The van der Waals surface area contributed by atoms with Crippen LogP contribution >= 0.6 is 0 Å². The Bertz CT molecular complexity index is 2240. The van der Waals surface area contributed by atoms with Crippen LogP contribution in [0.15, 0.2) is 78.9 Å². The van der Waals surface area contributed by atoms with Crippen LogP contribution in [0, 0.1) is 11.3 Å². The van der Waals surface area contributed by atoms with E-state index in [2.05, 4.69) is 54.4 Å². The Morgan fingerprint density at radius 1 is 0.649 bits per heavy atom. The Morgan fingerprint density at radius 2 is 1.22 bits per heavy atom. The van der Waals surface area contributed by atoms with E-state index in [9.17, 15) is 53.4 Å². The molecule has 0 aromatic heterocycles. The summed E-state index contributed by atoms with van der Waals surface area (Å²) < 4.78 is 0. The van der Waals surface area contributed by atoms with Crippen molar-refractivity contribution in [2.45, 2.75) is 128 Å². The first kappa shape index (κ1) is 62.3. The van der Waals surface area contributed by atoms with Crippen LogP contribution in [0.5, 0.6) is 5.75 Å². The van der Waals surface area contributed by atoms with Crippen LogP contribution in [-0.4, -0.2) is 132 Å². The SMILES string of the molecule is C=C(/C=C\C)C[C@H](NC(=O)[C@H](CC(C)C)NC(=O)[C@H](Cc1ccc(O)cc1)NC(=O)[C@H](CCc1ccccc1)NC(=O)CNC(=O)[C@H](CCCNC(N)=O)NC(=O)[C@H](CO)NC(=O)CCCCNC(=N)N)C(C)=O. The van der Waals surface area contributed by atoms with E-state index < -0.39 is 96.8 Å². The van der Waals surface area contributed by atoms with Gasteiger partial charge in [0.1, 0.15) is 36.0 Å². The monoisotopic (exact) mass is 1030 g/mol. The number of aliphatic hydroxyl groups excluding tert-OH is 1. The van der Waals surface area contributed by atoms with Gasteiger partial charge in [-0.15, -0.1) is 0 Å². The number of phenols is 1. The number of guanidine groups is 1. The molecular weight excluding hydrogens is 957 g/mol. The number of unbranched alkanes of at least 4 members (excludes halogenated alkanes) is 1. The van der Waals surface area contributed by atoms with Crippen LogP contribution in [-0.2, 0) is 51.2 Å². The Balaban J connectivity index is 2.36. The van der Waals surface area contributed by atoms with Crippen molar-refractivity contribution < 1.29 is 53.4 Å². The summed E-state index contributed by atoms with van der Waals surface area (Å²) in [5.74, 6) is -6.05. The van der Waals surface area contributed by atoms with Crippen molar-refractivity contribution in [1.29, 1.82) is 5.41 Å². The van der Waals surface area contributed by atoms with E-state index in [1.165, 1.54) is 19.1 Å². The second kappa shape index (κ2) is 33.8. The molecule has 0 radical (unpaired) electrons. The van der Waals surface area contributed by atoms with Gasteiger partial charge in [0.15, 0.2) is 11.7 Å². The quantitative estimate of drug-likeness (QED) is 0.0188. The number of aryl methyl sites for hydroxylation is 1. The molecule has 16 N–H and O–H groups in total. The number of ketones is 1. The number of hydrogen-bond acceptors (Lipinski definition) is 12. The predicted molar refractivity (Wildman–Crippen MR) is 278 cm³/mol. The molecule has 0 bridgehead atoms. The molecule has 0 saturated carbocycles. The molecular formula is C51H76N12O11. The first-order valence-electron chi connectivity index (χ1n) is 24.5. The summed E-state index contributed by atoms with van der Waals surface area (Å²) in [6.45, 7) is 9.59. The summed E-state index contributed by atoms with van der Waals surface area (Å²) in [5.41, 5.74) is 12.4. The number of aliphatic hydroxyl groups is 1. The Labute approximate surface area is 432 Å². The van der Waals surface area contributed by atoms with Gasteiger partial charge in [0.2, 0.25) is 41.4 Å². The molecule has 0 aliphatic rings. The fourth-order valence-electron chi connectivity index (χ4n) is 7.37. The van der Waals surface area contributed by atoms with Crippen molar-refractivity contribution in [3.63, 3.8) is 0 Å². The molecule has 23 nitrogen and oxygen atoms in total. The lowest BCUT2D eigenvalue weighted by atomic mass is 9.99. The van der Waals surface area contributed by atoms with E-state index in [-0.39, 0.29) is 81.3 Å². The van der Waals surface area contributed by atoms with Gasteiger partial charge in [-0.2, -0.15) is 0 Å². The molecule has 0 unspecified atom stereocenters. The van der Waals surface area contributed by atoms with Crippen molar-refractivity contribution >= 4 is 59.1 Å². The zero-order valence-electron chi connectivity index (χ0n) is 42.7. The number of hydrogen-bond donors (Lipinski definition) is 14. The molecule has 0 spiro atoms. The van der Waals surface area contributed by atoms with Crippen molar-refractivity contribution in [2.24, 2.45) is 17.4 Å². The van der Waals surface area contributed by atoms with Gasteiger partial charge in [0, 0.05) is 25.9 Å². The first-order valence-corrected chi connectivity index (χ1v) is 24.5. The van der Waals surface area contributed by atoms with Crippen LogP contribution < -0.4 is 59.3 Å². The zero-order valence-corrected chi connectivity index (χ0v) is 42.7. The van der Waals surface area contributed by atoms with Crippen LogP contribution in [0.25, 0.3) is 0 Å². The van der Waals surface area contributed by atoms with Crippen LogP contribution in [0.4, 0.5) is 4.79 Å². The molecule has 0 heterocycles. The van der Waals surface area contributed by atoms with E-state index in [4.69, 9.17) is 16.9 Å². The number of carbonyl (C=O) groups excluding carboxylic acids is 9. The summed E-state index contributed by atoms with van der Waals surface area (Å²) in [4.78, 5) is 120. The molecule has 6 atom stereocenters. The average molecular weight is 1030 g/mol. The fourth-order valence-corrected chi connectivity index (χ4v) is 7.37. The molecule has 0 aliphatic carbocycles. The number of Topliss-reactive ketones (excluding diaryl/α,β-unsaturated/α-hetero) is 1. The number of phenolic OH excluding ortho intramolecular Hbond substituents is 1. The van der Waals surface area contributed by atoms with Gasteiger partial charge >= 0.3 is 6.03 Å². The van der Waals surface area contributed by atoms with Crippen molar-refractivity contribution in [2.75, 3.05) is 26.2 Å². The fraction of sp³-hybridized carbons (Fsp3) is 0.490. The van der Waals surface area contributed by atoms with Gasteiger partial charge in [0.25, 0.3) is 0 Å². The van der Waals surface area contributed by atoms with Gasteiger partial charge in [-0.1, -0.05) is 80.6 Å². The van der Waals surface area contributed by atoms with Crippen LogP contribution in [0.3, 0.4) is 0 Å². The van der Waals surface area contributed by atoms with Gasteiger partial charge in [-0.3, -0.25) is 43.8 Å². The lowest BCUT2D eigenvalue weighted by Crippen LogP contribution is -2.59. The molecule has 2 aromatic rings. The van der Waals surface area contributed by atoms with E-state index in [0.717, 1.165) is 5.56 Å². The number of nitrogens with one attached hydrogen (secondary N) is 10. The minimum absolute atomic E-state index is 0.0115. The number of rotatable bonds is 34. The van der Waals surface area contributed by atoms with E-state index in [1.807, 2.05) is 32.0 Å². The van der Waals surface area contributed by atoms with E-state index in [1.54, 1.807) is 43.3 Å².